The van der Waals surface area contributed by atoms with Crippen LogP contribution in [0.4, 0.5) is 15.8 Å². The minimum atomic E-state index is -4.02. The van der Waals surface area contributed by atoms with Crippen molar-refractivity contribution in [2.24, 2.45) is 0 Å². The SMILES string of the molecule is CSc1cccc(NC(=O)COC(=O)c2cccc(S(=O)(=O)Nc3ccc(F)cc3)c2)c1. The zero-order chi connectivity index (χ0) is 23.1. The fourth-order valence-electron chi connectivity index (χ4n) is 2.63. The van der Waals surface area contributed by atoms with Crippen LogP contribution in [0.15, 0.2) is 82.6 Å². The number of nitrogens with one attached hydrogen (secondary N) is 2. The lowest BCUT2D eigenvalue weighted by Crippen LogP contribution is -2.21. The zero-order valence-corrected chi connectivity index (χ0v) is 18.5. The van der Waals surface area contributed by atoms with Crippen molar-refractivity contribution in [2.75, 3.05) is 22.9 Å². The number of ether oxygens (including phenoxy) is 1. The molecule has 7 nitrogen and oxygen atoms in total. The van der Waals surface area contributed by atoms with Gasteiger partial charge in [0.2, 0.25) is 0 Å². The number of carbonyl (C=O) groups excluding carboxylic acids is 2. The van der Waals surface area contributed by atoms with Gasteiger partial charge in [0.05, 0.1) is 10.5 Å². The third-order valence-corrected chi connectivity index (χ3v) is 6.27. The first kappa shape index (κ1) is 23.3. The third kappa shape index (κ3) is 6.32. The lowest BCUT2D eigenvalue weighted by atomic mass is 10.2. The number of halogens is 1. The Kier molecular flexibility index (Phi) is 7.49. The second-order valence-corrected chi connectivity index (χ2v) is 9.06. The average molecular weight is 475 g/mol. The Hall–Kier alpha value is -3.37. The van der Waals surface area contributed by atoms with Gasteiger partial charge in [-0.2, -0.15) is 0 Å². The predicted octanol–water partition coefficient (Wildman–Crippen LogP) is 4.14. The predicted molar refractivity (Wildman–Crippen MR) is 121 cm³/mol. The Bertz CT molecular complexity index is 1230. The quantitative estimate of drug-likeness (QED) is 0.376. The zero-order valence-electron chi connectivity index (χ0n) is 16.9. The average Bonchev–Trinajstić information content (AvgIpc) is 2.79. The Labute approximate surface area is 189 Å². The second kappa shape index (κ2) is 10.3. The molecule has 166 valence electrons. The topological polar surface area (TPSA) is 102 Å². The summed E-state index contributed by atoms with van der Waals surface area (Å²) in [5.74, 6) is -1.88. The van der Waals surface area contributed by atoms with Gasteiger partial charge in [-0.1, -0.05) is 12.1 Å². The van der Waals surface area contributed by atoms with Crippen molar-refractivity contribution in [3.05, 3.63) is 84.2 Å². The largest absolute Gasteiger partial charge is 0.452 e. The van der Waals surface area contributed by atoms with E-state index < -0.39 is 34.3 Å². The molecule has 2 N–H and O–H groups in total. The molecular weight excluding hydrogens is 455 g/mol. The number of sulfonamides is 1. The molecule has 3 rings (SSSR count). The van der Waals surface area contributed by atoms with Crippen molar-refractivity contribution in [3.63, 3.8) is 0 Å². The van der Waals surface area contributed by atoms with Gasteiger partial charge < -0.3 is 10.1 Å². The number of hydrogen-bond donors (Lipinski definition) is 2. The molecule has 0 bridgehead atoms. The van der Waals surface area contributed by atoms with E-state index in [1.165, 1.54) is 42.1 Å². The number of hydrogen-bond acceptors (Lipinski definition) is 6. The standard InChI is InChI=1S/C22H19FN2O5S2/c1-31-19-6-3-5-18(13-19)24-21(26)14-30-22(27)15-4-2-7-20(12-15)32(28,29)25-17-10-8-16(23)9-11-17/h2-13,25H,14H2,1H3,(H,24,26). The van der Waals surface area contributed by atoms with E-state index in [2.05, 4.69) is 10.0 Å². The molecule has 32 heavy (non-hydrogen) atoms. The summed E-state index contributed by atoms with van der Waals surface area (Å²) in [6.45, 7) is -0.535. The summed E-state index contributed by atoms with van der Waals surface area (Å²) in [5.41, 5.74) is 0.698. The van der Waals surface area contributed by atoms with Crippen LogP contribution in [0.25, 0.3) is 0 Å². The van der Waals surface area contributed by atoms with Gasteiger partial charge in [-0.15, -0.1) is 11.8 Å². The van der Waals surface area contributed by atoms with Crippen LogP contribution in [0.2, 0.25) is 0 Å². The molecule has 0 saturated carbocycles. The van der Waals surface area contributed by atoms with Crippen LogP contribution in [0.5, 0.6) is 0 Å². The first-order chi connectivity index (χ1) is 15.3. The highest BCUT2D eigenvalue weighted by Crippen LogP contribution is 2.20. The Morgan fingerprint density at radius 2 is 1.69 bits per heavy atom. The minimum absolute atomic E-state index is 0.0378. The molecule has 0 fully saturated rings. The van der Waals surface area contributed by atoms with E-state index in [1.54, 1.807) is 18.2 Å². The first-order valence-electron chi connectivity index (χ1n) is 9.26. The molecule has 0 unspecified atom stereocenters. The summed E-state index contributed by atoms with van der Waals surface area (Å²) in [7, 11) is -4.02. The van der Waals surface area contributed by atoms with Crippen LogP contribution in [0.3, 0.4) is 0 Å². The Balaban J connectivity index is 1.63. The minimum Gasteiger partial charge on any atom is -0.452 e. The van der Waals surface area contributed by atoms with Crippen LogP contribution < -0.4 is 10.0 Å². The van der Waals surface area contributed by atoms with Crippen molar-refractivity contribution in [1.82, 2.24) is 0 Å². The molecule has 0 aliphatic heterocycles. The molecule has 1 amide bonds. The highest BCUT2D eigenvalue weighted by molar-refractivity contribution is 7.98. The van der Waals surface area contributed by atoms with E-state index in [1.807, 2.05) is 12.3 Å². The van der Waals surface area contributed by atoms with E-state index in [-0.39, 0.29) is 16.1 Å². The number of benzene rings is 3. The van der Waals surface area contributed by atoms with Crippen molar-refractivity contribution < 1.29 is 27.1 Å². The van der Waals surface area contributed by atoms with Gasteiger partial charge in [-0.05, 0) is 66.9 Å². The summed E-state index contributed by atoms with van der Waals surface area (Å²) in [4.78, 5) is 25.2. The third-order valence-electron chi connectivity index (χ3n) is 4.16. The summed E-state index contributed by atoms with van der Waals surface area (Å²) in [6, 6.07) is 17.2. The molecule has 0 heterocycles. The summed E-state index contributed by atoms with van der Waals surface area (Å²) >= 11 is 1.52. The van der Waals surface area contributed by atoms with Gasteiger partial charge in [0.25, 0.3) is 15.9 Å². The molecule has 3 aromatic rings. The van der Waals surface area contributed by atoms with E-state index in [0.717, 1.165) is 23.1 Å². The monoisotopic (exact) mass is 474 g/mol. The number of carbonyl (C=O) groups is 2. The number of anilines is 2. The van der Waals surface area contributed by atoms with Gasteiger partial charge in [0.15, 0.2) is 6.61 Å². The van der Waals surface area contributed by atoms with Crippen molar-refractivity contribution in [1.29, 1.82) is 0 Å². The lowest BCUT2D eigenvalue weighted by molar-refractivity contribution is -0.119. The molecule has 10 heteroatoms. The smallest absolute Gasteiger partial charge is 0.338 e. The number of thioether (sulfide) groups is 1. The van der Waals surface area contributed by atoms with Crippen molar-refractivity contribution in [3.8, 4) is 0 Å². The van der Waals surface area contributed by atoms with Crippen molar-refractivity contribution in [2.45, 2.75) is 9.79 Å². The molecule has 0 radical (unpaired) electrons. The molecule has 0 atom stereocenters. The fraction of sp³-hybridized carbons (Fsp3) is 0.0909. The van der Waals surface area contributed by atoms with Crippen LogP contribution in [0.1, 0.15) is 10.4 Å². The molecule has 3 aromatic carbocycles. The van der Waals surface area contributed by atoms with E-state index in [9.17, 15) is 22.4 Å². The maximum absolute atomic E-state index is 13.0. The summed E-state index contributed by atoms with van der Waals surface area (Å²) in [6.07, 6.45) is 1.91. The van der Waals surface area contributed by atoms with Gasteiger partial charge in [-0.25, -0.2) is 17.6 Å². The van der Waals surface area contributed by atoms with E-state index >= 15 is 0 Å². The molecule has 0 aliphatic rings. The number of esters is 1. The normalized spacial score (nSPS) is 10.9. The molecule has 0 aliphatic carbocycles. The van der Waals surface area contributed by atoms with Crippen LogP contribution in [-0.2, 0) is 19.6 Å². The summed E-state index contributed by atoms with van der Waals surface area (Å²) in [5, 5.41) is 2.63. The molecule has 0 spiro atoms. The Morgan fingerprint density at radius 1 is 0.969 bits per heavy atom. The number of amides is 1. The molecule has 0 aromatic heterocycles. The first-order valence-corrected chi connectivity index (χ1v) is 12.0. The molecular formula is C22H19FN2O5S2. The maximum atomic E-state index is 13.0. The fourth-order valence-corrected chi connectivity index (χ4v) is 4.20. The highest BCUT2D eigenvalue weighted by atomic mass is 32.2. The van der Waals surface area contributed by atoms with E-state index in [0.29, 0.717) is 5.69 Å². The maximum Gasteiger partial charge on any atom is 0.338 e. The highest BCUT2D eigenvalue weighted by Gasteiger charge is 2.18. The number of rotatable bonds is 8. The van der Waals surface area contributed by atoms with E-state index in [4.69, 9.17) is 4.74 Å². The molecule has 0 saturated heterocycles. The van der Waals surface area contributed by atoms with Gasteiger partial charge >= 0.3 is 5.97 Å². The van der Waals surface area contributed by atoms with Gasteiger partial charge in [-0.3, -0.25) is 9.52 Å². The Morgan fingerprint density at radius 3 is 2.41 bits per heavy atom. The van der Waals surface area contributed by atoms with Gasteiger partial charge in [0.1, 0.15) is 5.82 Å². The van der Waals surface area contributed by atoms with Crippen LogP contribution in [-0.4, -0.2) is 33.2 Å². The second-order valence-electron chi connectivity index (χ2n) is 6.50. The van der Waals surface area contributed by atoms with Crippen molar-refractivity contribution >= 4 is 45.0 Å². The lowest BCUT2D eigenvalue weighted by Gasteiger charge is -2.10. The van der Waals surface area contributed by atoms with Crippen LogP contribution in [0, 0.1) is 5.82 Å². The van der Waals surface area contributed by atoms with Gasteiger partial charge in [0, 0.05) is 16.3 Å². The van der Waals surface area contributed by atoms with Crippen LogP contribution >= 0.6 is 11.8 Å². The summed E-state index contributed by atoms with van der Waals surface area (Å²) < 4.78 is 45.4.